The van der Waals surface area contributed by atoms with Gasteiger partial charge in [0.2, 0.25) is 0 Å². The molecule has 0 bridgehead atoms. The summed E-state index contributed by atoms with van der Waals surface area (Å²) < 4.78 is 4.42. The molecule has 0 unspecified atom stereocenters. The molecule has 0 amide bonds. The Morgan fingerprint density at radius 1 is 1.05 bits per heavy atom. The monoisotopic (exact) mass is 442 g/mol. The Bertz CT molecular complexity index is 834. The minimum absolute atomic E-state index is 0. The van der Waals surface area contributed by atoms with E-state index >= 15 is 0 Å². The van der Waals surface area contributed by atoms with Crippen LogP contribution in [0, 0.1) is 6.07 Å². The molecule has 4 rings (SSSR count). The molecule has 0 aliphatic rings. The first-order valence-corrected chi connectivity index (χ1v) is 6.57. The van der Waals surface area contributed by atoms with E-state index in [-0.39, 0.29) is 20.1 Å². The average Bonchev–Trinajstić information content (AvgIpc) is 3.05. The van der Waals surface area contributed by atoms with Crippen LogP contribution in [0.15, 0.2) is 54.9 Å². The molecule has 0 N–H and O–H groups in total. The molecule has 0 aliphatic carbocycles. The van der Waals surface area contributed by atoms with Gasteiger partial charge in [-0.25, -0.2) is 11.3 Å². The number of hydrogen-bond donors (Lipinski definition) is 0. The maximum atomic E-state index is 4.30. The van der Waals surface area contributed by atoms with Crippen molar-refractivity contribution in [3.05, 3.63) is 60.9 Å². The SMILES string of the molecule is [Ir].[c-]1ccc2c(sc3ccccc32)c1-n1cccn1. The molecule has 0 atom stereocenters. The molecule has 19 heavy (non-hydrogen) atoms. The Morgan fingerprint density at radius 2 is 1.95 bits per heavy atom. The van der Waals surface area contributed by atoms with Crippen molar-refractivity contribution in [3.8, 4) is 5.69 Å². The van der Waals surface area contributed by atoms with Gasteiger partial charge in [-0.15, -0.1) is 5.39 Å². The van der Waals surface area contributed by atoms with Crippen LogP contribution < -0.4 is 0 Å². The van der Waals surface area contributed by atoms with Gasteiger partial charge in [0.1, 0.15) is 0 Å². The zero-order chi connectivity index (χ0) is 11.9. The molecule has 1 radical (unpaired) electrons. The fraction of sp³-hybridized carbons (Fsp3) is 0. The smallest absolute Gasteiger partial charge is 0.0493 e. The third kappa shape index (κ3) is 1.93. The van der Waals surface area contributed by atoms with Crippen molar-refractivity contribution in [1.29, 1.82) is 0 Å². The van der Waals surface area contributed by atoms with Crippen LogP contribution in [0.1, 0.15) is 0 Å². The van der Waals surface area contributed by atoms with Crippen LogP contribution >= 0.6 is 11.3 Å². The largest absolute Gasteiger partial charge is 0.264 e. The first kappa shape index (κ1) is 12.5. The standard InChI is InChI=1S/C15H9N2S.Ir/c1-2-8-14-11(5-1)12-6-3-7-13(15(12)18-14)17-10-4-9-16-17;/h1-6,8-10H;/q-1;. The van der Waals surface area contributed by atoms with E-state index in [9.17, 15) is 0 Å². The molecule has 0 spiro atoms. The zero-order valence-corrected chi connectivity index (χ0v) is 13.0. The molecule has 0 aliphatic heterocycles. The summed E-state index contributed by atoms with van der Waals surface area (Å²) in [5, 5.41) is 6.88. The third-order valence-corrected chi connectivity index (χ3v) is 4.25. The summed E-state index contributed by atoms with van der Waals surface area (Å²) in [6.07, 6.45) is 3.75. The average molecular weight is 442 g/mol. The Hall–Kier alpha value is -1.48. The van der Waals surface area contributed by atoms with Gasteiger partial charge in [0.05, 0.1) is 0 Å². The Balaban J connectivity index is 0.00000110. The molecule has 2 nitrogen and oxygen atoms in total. The van der Waals surface area contributed by atoms with Gasteiger partial charge in [0.15, 0.2) is 0 Å². The summed E-state index contributed by atoms with van der Waals surface area (Å²) in [4.78, 5) is 0. The van der Waals surface area contributed by atoms with E-state index in [1.807, 2.05) is 23.0 Å². The summed E-state index contributed by atoms with van der Waals surface area (Å²) in [5.74, 6) is 0. The minimum atomic E-state index is 0. The van der Waals surface area contributed by atoms with Crippen molar-refractivity contribution in [2.45, 2.75) is 0 Å². The van der Waals surface area contributed by atoms with Crippen LogP contribution in [-0.4, -0.2) is 9.78 Å². The van der Waals surface area contributed by atoms with Gasteiger partial charge in [0, 0.05) is 37.2 Å². The molecule has 95 valence electrons. The van der Waals surface area contributed by atoms with Gasteiger partial charge in [-0.3, -0.25) is 4.68 Å². The van der Waals surface area contributed by atoms with Crippen LogP contribution in [0.3, 0.4) is 0 Å². The first-order valence-electron chi connectivity index (χ1n) is 5.75. The van der Waals surface area contributed by atoms with Crippen molar-refractivity contribution >= 4 is 31.5 Å². The first-order chi connectivity index (χ1) is 8.93. The topological polar surface area (TPSA) is 17.8 Å². The number of benzene rings is 2. The number of nitrogens with zero attached hydrogens (tertiary/aromatic N) is 2. The van der Waals surface area contributed by atoms with E-state index in [2.05, 4.69) is 41.5 Å². The predicted octanol–water partition coefficient (Wildman–Crippen LogP) is 4.04. The number of hydrogen-bond acceptors (Lipinski definition) is 2. The molecular weight excluding hydrogens is 432 g/mol. The van der Waals surface area contributed by atoms with E-state index in [0.29, 0.717) is 0 Å². The Labute approximate surface area is 128 Å². The molecule has 4 heteroatoms. The summed E-state index contributed by atoms with van der Waals surface area (Å²) in [5.41, 5.74) is 1.03. The molecule has 4 aromatic rings. The minimum Gasteiger partial charge on any atom is -0.264 e. The second kappa shape index (κ2) is 4.89. The summed E-state index contributed by atoms with van der Waals surface area (Å²) in [7, 11) is 0. The Kier molecular flexibility index (Phi) is 3.23. The van der Waals surface area contributed by atoms with E-state index in [0.717, 1.165) is 5.69 Å². The fourth-order valence-corrected chi connectivity index (χ4v) is 3.44. The molecule has 0 saturated heterocycles. The van der Waals surface area contributed by atoms with Crippen molar-refractivity contribution in [2.75, 3.05) is 0 Å². The van der Waals surface area contributed by atoms with Crippen LogP contribution in [0.25, 0.3) is 25.9 Å². The summed E-state index contributed by atoms with van der Waals surface area (Å²) >= 11 is 1.79. The number of fused-ring (bicyclic) bond motifs is 3. The molecule has 2 aromatic heterocycles. The van der Waals surface area contributed by atoms with Crippen LogP contribution in [0.4, 0.5) is 0 Å². The van der Waals surface area contributed by atoms with Gasteiger partial charge in [-0.05, 0) is 27.9 Å². The van der Waals surface area contributed by atoms with Crippen LogP contribution in [-0.2, 0) is 20.1 Å². The van der Waals surface area contributed by atoms with Crippen molar-refractivity contribution in [3.63, 3.8) is 0 Å². The zero-order valence-electron chi connectivity index (χ0n) is 9.83. The van der Waals surface area contributed by atoms with Crippen molar-refractivity contribution < 1.29 is 20.1 Å². The third-order valence-electron chi connectivity index (χ3n) is 3.05. The second-order valence-corrected chi connectivity index (χ2v) is 5.17. The van der Waals surface area contributed by atoms with Crippen LogP contribution in [0.2, 0.25) is 0 Å². The molecular formula is C15H9IrN2S-. The predicted molar refractivity (Wildman–Crippen MR) is 75.3 cm³/mol. The van der Waals surface area contributed by atoms with E-state index in [4.69, 9.17) is 0 Å². The fourth-order valence-electron chi connectivity index (χ4n) is 2.25. The van der Waals surface area contributed by atoms with Gasteiger partial charge in [-0.2, -0.15) is 23.3 Å². The Morgan fingerprint density at radius 3 is 2.79 bits per heavy atom. The van der Waals surface area contributed by atoms with Gasteiger partial charge in [-0.1, -0.05) is 18.2 Å². The molecule has 2 heterocycles. The molecule has 0 fully saturated rings. The number of rotatable bonds is 1. The van der Waals surface area contributed by atoms with Crippen LogP contribution in [0.5, 0.6) is 0 Å². The van der Waals surface area contributed by atoms with Crippen molar-refractivity contribution in [2.24, 2.45) is 0 Å². The quantitative estimate of drug-likeness (QED) is 0.408. The number of thiophene rings is 1. The van der Waals surface area contributed by atoms with Gasteiger partial charge < -0.3 is 0 Å². The molecule has 2 aromatic carbocycles. The van der Waals surface area contributed by atoms with Crippen molar-refractivity contribution in [1.82, 2.24) is 9.78 Å². The maximum Gasteiger partial charge on any atom is 0.0493 e. The normalized spacial score (nSPS) is 10.7. The second-order valence-electron chi connectivity index (χ2n) is 4.12. The number of aromatic nitrogens is 2. The summed E-state index contributed by atoms with van der Waals surface area (Å²) in [6.45, 7) is 0. The van der Waals surface area contributed by atoms with E-state index < -0.39 is 0 Å². The van der Waals surface area contributed by atoms with Gasteiger partial charge >= 0.3 is 0 Å². The summed E-state index contributed by atoms with van der Waals surface area (Å²) in [6, 6.07) is 17.8. The van der Waals surface area contributed by atoms with Gasteiger partial charge in [0.25, 0.3) is 0 Å². The van der Waals surface area contributed by atoms with E-state index in [1.165, 1.54) is 20.2 Å². The maximum absolute atomic E-state index is 4.30. The molecule has 0 saturated carbocycles. The van der Waals surface area contributed by atoms with E-state index in [1.54, 1.807) is 17.5 Å².